The van der Waals surface area contributed by atoms with Crippen LogP contribution in [0.1, 0.15) is 112 Å². The van der Waals surface area contributed by atoms with Crippen molar-refractivity contribution in [1.29, 1.82) is 0 Å². The highest BCUT2D eigenvalue weighted by Gasteiger charge is 2.40. The number of carbonyl (C=O) groups excluding carboxylic acids is 2. The molecule has 0 radical (unpaired) electrons. The minimum absolute atomic E-state index is 0.0868. The Morgan fingerprint density at radius 3 is 1.09 bits per heavy atom. The van der Waals surface area contributed by atoms with Crippen molar-refractivity contribution in [3.05, 3.63) is 0 Å². The number of rotatable bonds is 24. The number of nitrogens with one attached hydrogen (secondary N) is 4. The third kappa shape index (κ3) is 16.3. The first kappa shape index (κ1) is 41.9. The van der Waals surface area contributed by atoms with Crippen molar-refractivity contribution in [1.82, 2.24) is 21.3 Å². The fourth-order valence-electron chi connectivity index (χ4n) is 7.05. The Bertz CT molecular complexity index is 745. The van der Waals surface area contributed by atoms with Gasteiger partial charge in [-0.3, -0.25) is 0 Å². The molecule has 2 saturated carbocycles. The summed E-state index contributed by atoms with van der Waals surface area (Å²) in [4.78, 5) is 25.1. The zero-order valence-electron chi connectivity index (χ0n) is 30.4. The van der Waals surface area contributed by atoms with Crippen LogP contribution in [0.2, 0.25) is 12.1 Å². The van der Waals surface area contributed by atoms with Gasteiger partial charge in [-0.25, -0.2) is 9.59 Å². The Balaban J connectivity index is 1.58. The van der Waals surface area contributed by atoms with Gasteiger partial charge in [-0.2, -0.15) is 0 Å². The van der Waals surface area contributed by atoms with Gasteiger partial charge in [-0.15, -0.1) is 0 Å². The fraction of sp³-hybridized carbons (Fsp3) is 0.939. The van der Waals surface area contributed by atoms with E-state index in [-0.39, 0.29) is 24.1 Å². The monoisotopic (exact) mass is 704 g/mol. The molecule has 0 saturated heterocycles. The van der Waals surface area contributed by atoms with Gasteiger partial charge in [0.05, 0.1) is 0 Å². The zero-order chi connectivity index (χ0) is 34.4. The minimum Gasteiger partial charge on any atom is -0.374 e. The van der Waals surface area contributed by atoms with E-state index in [1.165, 1.54) is 6.42 Å². The predicted octanol–water partition coefficient (Wildman–Crippen LogP) is 5.97. The lowest BCUT2D eigenvalue weighted by atomic mass is 9.75. The molecule has 0 unspecified atom stereocenters. The molecule has 4 amide bonds. The summed E-state index contributed by atoms with van der Waals surface area (Å²) in [6, 6.07) is 1.70. The van der Waals surface area contributed by atoms with Crippen LogP contribution in [0.3, 0.4) is 0 Å². The van der Waals surface area contributed by atoms with Crippen LogP contribution in [-0.4, -0.2) is 94.5 Å². The van der Waals surface area contributed by atoms with E-state index in [1.807, 2.05) is 41.5 Å². The second-order valence-corrected chi connectivity index (χ2v) is 18.1. The summed E-state index contributed by atoms with van der Waals surface area (Å²) in [5.41, 5.74) is 0. The first-order valence-corrected chi connectivity index (χ1v) is 22.5. The highest BCUT2D eigenvalue weighted by atomic mass is 28.4. The van der Waals surface area contributed by atoms with Crippen LogP contribution in [0.5, 0.6) is 0 Å². The van der Waals surface area contributed by atoms with Gasteiger partial charge in [-0.1, -0.05) is 0 Å². The molecular formula is C33H68N4O8Si2. The number of carbonyl (C=O) groups is 2. The van der Waals surface area contributed by atoms with Crippen molar-refractivity contribution in [3.8, 4) is 0 Å². The Morgan fingerprint density at radius 1 is 0.511 bits per heavy atom. The van der Waals surface area contributed by atoms with Crippen LogP contribution in [-0.2, 0) is 26.6 Å². The average Bonchev–Trinajstić information content (AvgIpc) is 3.04. The highest BCUT2D eigenvalue weighted by Crippen LogP contribution is 2.35. The molecule has 2 aliphatic carbocycles. The topological polar surface area (TPSA) is 138 Å². The van der Waals surface area contributed by atoms with Gasteiger partial charge in [0.2, 0.25) is 0 Å². The molecule has 47 heavy (non-hydrogen) atoms. The molecule has 0 aliphatic heterocycles. The van der Waals surface area contributed by atoms with Crippen LogP contribution in [0.15, 0.2) is 0 Å². The molecular weight excluding hydrogens is 637 g/mol. The van der Waals surface area contributed by atoms with Crippen LogP contribution >= 0.6 is 0 Å². The molecule has 4 N–H and O–H groups in total. The zero-order valence-corrected chi connectivity index (χ0v) is 32.4. The van der Waals surface area contributed by atoms with E-state index in [9.17, 15) is 9.59 Å². The van der Waals surface area contributed by atoms with E-state index in [2.05, 4.69) is 21.3 Å². The highest BCUT2D eigenvalue weighted by molar-refractivity contribution is 6.61. The maximum atomic E-state index is 12.6. The second kappa shape index (κ2) is 24.0. The summed E-state index contributed by atoms with van der Waals surface area (Å²) in [5, 5.41) is 12.4. The molecule has 14 heteroatoms. The second-order valence-electron chi connectivity index (χ2n) is 12.6. The van der Waals surface area contributed by atoms with E-state index >= 15 is 0 Å². The van der Waals surface area contributed by atoms with Gasteiger partial charge >= 0.3 is 29.7 Å². The van der Waals surface area contributed by atoms with E-state index in [1.54, 1.807) is 0 Å². The summed E-state index contributed by atoms with van der Waals surface area (Å²) in [5.74, 6) is 1.45. The molecule has 2 rings (SSSR count). The maximum Gasteiger partial charge on any atom is 0.500 e. The Labute approximate surface area is 287 Å². The van der Waals surface area contributed by atoms with E-state index in [0.717, 1.165) is 76.0 Å². The third-order valence-corrected chi connectivity index (χ3v) is 15.4. The van der Waals surface area contributed by atoms with Crippen molar-refractivity contribution in [3.63, 3.8) is 0 Å². The molecule has 0 spiro atoms. The summed E-state index contributed by atoms with van der Waals surface area (Å²) in [7, 11) is -5.34. The fourth-order valence-corrected chi connectivity index (χ4v) is 12.3. The van der Waals surface area contributed by atoms with Crippen molar-refractivity contribution in [2.45, 2.75) is 136 Å². The van der Waals surface area contributed by atoms with Gasteiger partial charge in [0.15, 0.2) is 0 Å². The molecule has 0 heterocycles. The third-order valence-electron chi connectivity index (χ3n) is 9.11. The summed E-state index contributed by atoms with van der Waals surface area (Å²) in [6.07, 6.45) is 11.6. The number of hydrogen-bond donors (Lipinski definition) is 4. The molecule has 2 fully saturated rings. The molecule has 0 bridgehead atoms. The largest absolute Gasteiger partial charge is 0.500 e. The van der Waals surface area contributed by atoms with E-state index in [0.29, 0.717) is 64.8 Å². The number of amides is 4. The van der Waals surface area contributed by atoms with Crippen LogP contribution in [0.25, 0.3) is 0 Å². The molecule has 0 aromatic carbocycles. The summed E-state index contributed by atoms with van der Waals surface area (Å²) in [6.45, 7) is 16.2. The molecule has 12 nitrogen and oxygen atoms in total. The minimum atomic E-state index is -2.67. The maximum absolute atomic E-state index is 12.6. The lowest BCUT2D eigenvalue weighted by Crippen LogP contribution is -2.47. The Hall–Kier alpha value is -1.27. The normalized spacial score (nSPS) is 22.1. The average molecular weight is 705 g/mol. The van der Waals surface area contributed by atoms with Crippen molar-refractivity contribution in [2.24, 2.45) is 11.8 Å². The molecule has 0 aromatic rings. The van der Waals surface area contributed by atoms with Gasteiger partial charge in [0.25, 0.3) is 0 Å². The lowest BCUT2D eigenvalue weighted by Gasteiger charge is -2.34. The Kier molecular flexibility index (Phi) is 21.4. The van der Waals surface area contributed by atoms with Crippen LogP contribution in [0.4, 0.5) is 9.59 Å². The first-order valence-electron chi connectivity index (χ1n) is 18.7. The van der Waals surface area contributed by atoms with Gasteiger partial charge in [0.1, 0.15) is 0 Å². The SMILES string of the molecule is CCO[Si](CCCNC(=O)NC1CCC(CC2CCC(NC(=O)NCCC[Si](OCC)(OCC)OCC)CC2)CC1)(OCC)OCC. The number of hydrogen-bond acceptors (Lipinski definition) is 8. The van der Waals surface area contributed by atoms with Gasteiger partial charge in [0, 0.05) is 76.9 Å². The predicted molar refractivity (Wildman–Crippen MR) is 189 cm³/mol. The van der Waals surface area contributed by atoms with Crippen molar-refractivity contribution in [2.75, 3.05) is 52.7 Å². The van der Waals surface area contributed by atoms with Crippen LogP contribution in [0, 0.1) is 11.8 Å². The van der Waals surface area contributed by atoms with E-state index in [4.69, 9.17) is 26.6 Å². The van der Waals surface area contributed by atoms with E-state index < -0.39 is 17.6 Å². The van der Waals surface area contributed by atoms with Crippen molar-refractivity contribution < 1.29 is 36.1 Å². The first-order chi connectivity index (χ1) is 22.8. The van der Waals surface area contributed by atoms with Crippen LogP contribution < -0.4 is 21.3 Å². The lowest BCUT2D eigenvalue weighted by molar-refractivity contribution is 0.0700. The molecule has 2 aliphatic rings. The Morgan fingerprint density at radius 2 is 0.809 bits per heavy atom. The summed E-state index contributed by atoms with van der Waals surface area (Å²) >= 11 is 0. The van der Waals surface area contributed by atoms with Gasteiger partial charge in [-0.05, 0) is 124 Å². The summed E-state index contributed by atoms with van der Waals surface area (Å²) < 4.78 is 35.4. The smallest absolute Gasteiger partial charge is 0.374 e. The molecule has 0 atom stereocenters. The van der Waals surface area contributed by atoms with Crippen molar-refractivity contribution >= 4 is 29.7 Å². The van der Waals surface area contributed by atoms with Gasteiger partial charge < -0.3 is 47.8 Å². The molecule has 0 aromatic heterocycles. The number of urea groups is 2. The standard InChI is InChI=1S/C33H68N4O8Si2/c1-7-40-46(41-8-2,42-9-3)25-13-23-34-32(38)36-30-19-15-28(16-20-30)27-29-17-21-31(22-18-29)37-33(39)35-24-14-26-47(43-10-4,44-11-5)45-12-6/h28-31H,7-27H2,1-6H3,(H2,34,36,38)(H2,35,37,39). The molecule has 276 valence electrons. The quantitative estimate of drug-likeness (QED) is 0.0713.